The van der Waals surface area contributed by atoms with Gasteiger partial charge < -0.3 is 20.5 Å². The summed E-state index contributed by atoms with van der Waals surface area (Å²) in [5.41, 5.74) is 1.65. The fourth-order valence-electron chi connectivity index (χ4n) is 2.19. The van der Waals surface area contributed by atoms with Crippen LogP contribution in [0.1, 0.15) is 22.9 Å². The summed E-state index contributed by atoms with van der Waals surface area (Å²) in [6.07, 6.45) is 0.482. The van der Waals surface area contributed by atoms with E-state index >= 15 is 0 Å². The average Bonchev–Trinajstić information content (AvgIpc) is 3.01. The number of hydrogen-bond donors (Lipinski definition) is 3. The molecule has 1 aromatic carbocycles. The van der Waals surface area contributed by atoms with E-state index in [9.17, 15) is 4.79 Å². The minimum Gasteiger partial charge on any atom is -0.496 e. The Morgan fingerprint density at radius 2 is 2.23 bits per heavy atom. The maximum Gasteiger partial charge on any atom is 0.319 e. The van der Waals surface area contributed by atoms with E-state index in [0.29, 0.717) is 12.1 Å². The summed E-state index contributed by atoms with van der Waals surface area (Å²) < 4.78 is 5.20. The van der Waals surface area contributed by atoms with Gasteiger partial charge in [0.05, 0.1) is 13.2 Å². The van der Waals surface area contributed by atoms with Crippen molar-refractivity contribution in [1.82, 2.24) is 5.32 Å². The lowest BCUT2D eigenvalue weighted by molar-refractivity contribution is 0.239. The Kier molecular flexibility index (Phi) is 5.80. The van der Waals surface area contributed by atoms with Crippen molar-refractivity contribution in [2.45, 2.75) is 19.4 Å². The molecule has 1 heterocycles. The Hall–Kier alpha value is -2.05. The first-order valence-corrected chi connectivity index (χ1v) is 7.88. The highest BCUT2D eigenvalue weighted by molar-refractivity contribution is 7.10. The van der Waals surface area contributed by atoms with Crippen LogP contribution in [0.25, 0.3) is 0 Å². The van der Waals surface area contributed by atoms with E-state index in [0.717, 1.165) is 16.2 Å². The zero-order valence-electron chi connectivity index (χ0n) is 12.6. The Labute approximate surface area is 133 Å². The van der Waals surface area contributed by atoms with Crippen LogP contribution in [-0.2, 0) is 0 Å². The molecule has 1 atom stereocenters. The Balaban J connectivity index is 2.00. The number of anilines is 1. The van der Waals surface area contributed by atoms with Gasteiger partial charge in [0.25, 0.3) is 0 Å². The van der Waals surface area contributed by atoms with Gasteiger partial charge in [-0.1, -0.05) is 6.07 Å². The van der Waals surface area contributed by atoms with E-state index in [1.807, 2.05) is 36.6 Å². The van der Waals surface area contributed by atoms with Gasteiger partial charge >= 0.3 is 6.03 Å². The lowest BCUT2D eigenvalue weighted by Crippen LogP contribution is -2.32. The molecule has 0 aliphatic heterocycles. The van der Waals surface area contributed by atoms with Crippen LogP contribution in [0.4, 0.5) is 10.5 Å². The zero-order chi connectivity index (χ0) is 15.9. The molecule has 2 amide bonds. The number of methoxy groups -OCH3 is 1. The summed E-state index contributed by atoms with van der Waals surface area (Å²) in [6, 6.07) is 8.85. The highest BCUT2D eigenvalue weighted by Crippen LogP contribution is 2.23. The number of urea groups is 1. The van der Waals surface area contributed by atoms with Crippen LogP contribution in [0.5, 0.6) is 5.75 Å². The predicted molar refractivity (Wildman–Crippen MR) is 88.6 cm³/mol. The highest BCUT2D eigenvalue weighted by Gasteiger charge is 2.15. The second-order valence-electron chi connectivity index (χ2n) is 4.86. The smallest absolute Gasteiger partial charge is 0.319 e. The first-order valence-electron chi connectivity index (χ1n) is 7.00. The van der Waals surface area contributed by atoms with Crippen LogP contribution < -0.4 is 15.4 Å². The molecule has 5 nitrogen and oxygen atoms in total. The van der Waals surface area contributed by atoms with Crippen LogP contribution in [0.2, 0.25) is 0 Å². The molecular weight excluding hydrogens is 300 g/mol. The molecule has 0 bridgehead atoms. The maximum absolute atomic E-state index is 12.1. The fraction of sp³-hybridized carbons (Fsp3) is 0.312. The SMILES string of the molecule is COc1ccc(NC(=O)N[C@@H](CCO)c2cccs2)cc1C. The van der Waals surface area contributed by atoms with Crippen molar-refractivity contribution in [3.63, 3.8) is 0 Å². The predicted octanol–water partition coefficient (Wildman–Crippen LogP) is 3.31. The normalized spacial score (nSPS) is 11.8. The third-order valence-corrected chi connectivity index (χ3v) is 4.25. The number of nitrogens with one attached hydrogen (secondary N) is 2. The second kappa shape index (κ2) is 7.82. The van der Waals surface area contributed by atoms with Gasteiger partial charge in [-0.05, 0) is 48.6 Å². The van der Waals surface area contributed by atoms with Crippen molar-refractivity contribution in [2.75, 3.05) is 19.0 Å². The van der Waals surface area contributed by atoms with E-state index in [1.54, 1.807) is 24.5 Å². The summed E-state index contributed by atoms with van der Waals surface area (Å²) >= 11 is 1.56. The molecule has 0 fully saturated rings. The number of hydrogen-bond acceptors (Lipinski definition) is 4. The molecule has 0 saturated heterocycles. The molecule has 0 radical (unpaired) electrons. The maximum atomic E-state index is 12.1. The first-order chi connectivity index (χ1) is 10.6. The first kappa shape index (κ1) is 16.3. The summed E-state index contributed by atoms with van der Waals surface area (Å²) in [7, 11) is 1.61. The molecule has 0 unspecified atom stereocenters. The number of carbonyl (C=O) groups is 1. The van der Waals surface area contributed by atoms with Crippen LogP contribution in [0, 0.1) is 6.92 Å². The second-order valence-corrected chi connectivity index (χ2v) is 5.84. The Morgan fingerprint density at radius 3 is 2.82 bits per heavy atom. The summed E-state index contributed by atoms with van der Waals surface area (Å²) in [5.74, 6) is 0.780. The van der Waals surface area contributed by atoms with Gasteiger partial charge in [-0.25, -0.2) is 4.79 Å². The lowest BCUT2D eigenvalue weighted by Gasteiger charge is -2.17. The number of carbonyl (C=O) groups excluding carboxylic acids is 1. The minimum absolute atomic E-state index is 0.0183. The van der Waals surface area contributed by atoms with Crippen LogP contribution in [0.15, 0.2) is 35.7 Å². The number of aliphatic hydroxyl groups is 1. The van der Waals surface area contributed by atoms with E-state index in [-0.39, 0.29) is 18.7 Å². The van der Waals surface area contributed by atoms with Crippen molar-refractivity contribution in [3.8, 4) is 5.75 Å². The van der Waals surface area contributed by atoms with E-state index in [2.05, 4.69) is 10.6 Å². The third-order valence-electron chi connectivity index (χ3n) is 3.26. The van der Waals surface area contributed by atoms with Crippen molar-refractivity contribution in [2.24, 2.45) is 0 Å². The summed E-state index contributed by atoms with van der Waals surface area (Å²) in [5, 5.41) is 16.8. The lowest BCUT2D eigenvalue weighted by atomic mass is 10.2. The van der Waals surface area contributed by atoms with Crippen LogP contribution in [0.3, 0.4) is 0 Å². The third kappa shape index (κ3) is 4.22. The van der Waals surface area contributed by atoms with Crippen LogP contribution in [-0.4, -0.2) is 24.9 Å². The molecule has 1 aromatic heterocycles. The van der Waals surface area contributed by atoms with Gasteiger partial charge in [0.15, 0.2) is 0 Å². The number of thiophene rings is 1. The fourth-order valence-corrected chi connectivity index (χ4v) is 3.00. The van der Waals surface area contributed by atoms with Crippen molar-refractivity contribution < 1.29 is 14.6 Å². The largest absolute Gasteiger partial charge is 0.496 e. The number of ether oxygens (including phenoxy) is 1. The molecule has 6 heteroatoms. The molecule has 2 aromatic rings. The van der Waals surface area contributed by atoms with Gasteiger partial charge in [0, 0.05) is 17.2 Å². The Morgan fingerprint density at radius 1 is 1.41 bits per heavy atom. The molecule has 0 saturated carbocycles. The standard InChI is InChI=1S/C16H20N2O3S/c1-11-10-12(5-6-14(11)21-2)17-16(20)18-13(7-8-19)15-4-3-9-22-15/h3-6,9-10,13,19H,7-8H2,1-2H3,(H2,17,18,20)/t13-/m0/s1. The number of amides is 2. The number of aryl methyl sites for hydroxylation is 1. The molecule has 22 heavy (non-hydrogen) atoms. The monoisotopic (exact) mass is 320 g/mol. The van der Waals surface area contributed by atoms with Crippen molar-refractivity contribution in [3.05, 3.63) is 46.2 Å². The molecule has 0 aliphatic carbocycles. The van der Waals surface area contributed by atoms with Crippen molar-refractivity contribution in [1.29, 1.82) is 0 Å². The Bertz CT molecular complexity index is 614. The summed E-state index contributed by atoms with van der Waals surface area (Å²) in [4.78, 5) is 13.2. The van der Waals surface area contributed by atoms with Gasteiger partial charge in [0.2, 0.25) is 0 Å². The van der Waals surface area contributed by atoms with Gasteiger partial charge in [-0.2, -0.15) is 0 Å². The van der Waals surface area contributed by atoms with Gasteiger partial charge in [-0.3, -0.25) is 0 Å². The average molecular weight is 320 g/mol. The minimum atomic E-state index is -0.295. The van der Waals surface area contributed by atoms with E-state index in [1.165, 1.54) is 0 Å². The molecule has 0 aliphatic rings. The quantitative estimate of drug-likeness (QED) is 0.765. The van der Waals surface area contributed by atoms with E-state index < -0.39 is 0 Å². The van der Waals surface area contributed by atoms with Gasteiger partial charge in [-0.15, -0.1) is 11.3 Å². The summed E-state index contributed by atoms with van der Waals surface area (Å²) in [6.45, 7) is 1.94. The van der Waals surface area contributed by atoms with Crippen molar-refractivity contribution >= 4 is 23.1 Å². The van der Waals surface area contributed by atoms with Crippen LogP contribution >= 0.6 is 11.3 Å². The molecule has 0 spiro atoms. The molecule has 118 valence electrons. The number of benzene rings is 1. The molecular formula is C16H20N2O3S. The zero-order valence-corrected chi connectivity index (χ0v) is 13.4. The van der Waals surface area contributed by atoms with E-state index in [4.69, 9.17) is 9.84 Å². The number of aliphatic hydroxyl groups excluding tert-OH is 1. The molecule has 3 N–H and O–H groups in total. The highest BCUT2D eigenvalue weighted by atomic mass is 32.1. The molecule has 2 rings (SSSR count). The van der Waals surface area contributed by atoms with Gasteiger partial charge in [0.1, 0.15) is 5.75 Å². The number of rotatable bonds is 6. The topological polar surface area (TPSA) is 70.6 Å².